The predicted octanol–water partition coefficient (Wildman–Crippen LogP) is 1.51. The summed E-state index contributed by atoms with van der Waals surface area (Å²) in [5.74, 6) is 1.52. The second-order valence-corrected chi connectivity index (χ2v) is 4.13. The first kappa shape index (κ1) is 12.3. The van der Waals surface area contributed by atoms with Crippen molar-refractivity contribution in [2.45, 2.75) is 6.92 Å². The molecule has 0 spiro atoms. The zero-order valence-electron chi connectivity index (χ0n) is 11.4. The van der Waals surface area contributed by atoms with Crippen LogP contribution in [0.2, 0.25) is 0 Å². The first-order valence-corrected chi connectivity index (χ1v) is 5.99. The smallest absolute Gasteiger partial charge is 0.240 e. The van der Waals surface area contributed by atoms with E-state index in [1.54, 1.807) is 37.1 Å². The number of fused-ring (bicyclic) bond motifs is 1. The van der Waals surface area contributed by atoms with Crippen LogP contribution in [0.4, 0.5) is 0 Å². The summed E-state index contributed by atoms with van der Waals surface area (Å²) < 4.78 is 12.2. The Kier molecular flexibility index (Phi) is 2.94. The van der Waals surface area contributed by atoms with Crippen molar-refractivity contribution >= 4 is 5.78 Å². The molecule has 7 nitrogen and oxygen atoms in total. The molecule has 3 aromatic heterocycles. The van der Waals surface area contributed by atoms with Crippen LogP contribution in [0.25, 0.3) is 17.2 Å². The van der Waals surface area contributed by atoms with Gasteiger partial charge in [0.05, 0.1) is 26.0 Å². The van der Waals surface area contributed by atoms with Crippen molar-refractivity contribution < 1.29 is 9.47 Å². The zero-order chi connectivity index (χ0) is 14.1. The van der Waals surface area contributed by atoms with Gasteiger partial charge in [-0.1, -0.05) is 0 Å². The maximum Gasteiger partial charge on any atom is 0.240 e. The van der Waals surface area contributed by atoms with E-state index in [-0.39, 0.29) is 0 Å². The number of aryl methyl sites for hydroxylation is 1. The Hall–Kier alpha value is -2.70. The van der Waals surface area contributed by atoms with Crippen LogP contribution in [0.15, 0.2) is 24.7 Å². The van der Waals surface area contributed by atoms with E-state index < -0.39 is 0 Å². The molecule has 0 aliphatic carbocycles. The van der Waals surface area contributed by atoms with Gasteiger partial charge in [0.15, 0.2) is 0 Å². The van der Waals surface area contributed by atoms with Crippen LogP contribution < -0.4 is 9.47 Å². The molecular formula is C13H13N5O2. The van der Waals surface area contributed by atoms with Gasteiger partial charge in [-0.2, -0.15) is 4.98 Å². The molecule has 0 fully saturated rings. The highest BCUT2D eigenvalue weighted by molar-refractivity contribution is 5.60. The Balaban J connectivity index is 2.22. The monoisotopic (exact) mass is 271 g/mol. The molecule has 0 N–H and O–H groups in total. The van der Waals surface area contributed by atoms with Crippen molar-refractivity contribution in [3.8, 4) is 23.1 Å². The molecule has 0 saturated carbocycles. The summed E-state index contributed by atoms with van der Waals surface area (Å²) in [6.45, 7) is 1.89. The highest BCUT2D eigenvalue weighted by atomic mass is 16.5. The minimum Gasteiger partial charge on any atom is -0.482 e. The summed E-state index contributed by atoms with van der Waals surface area (Å²) in [5, 5.41) is 0. The van der Waals surface area contributed by atoms with Crippen LogP contribution in [0.5, 0.6) is 11.8 Å². The summed E-state index contributed by atoms with van der Waals surface area (Å²) in [5.41, 5.74) is 2.22. The Morgan fingerprint density at radius 3 is 2.55 bits per heavy atom. The standard InChI is InChI=1S/C13H13N5O2/c1-8-12(15-5-4-14-8)9-7-18-11(20-3)6-10(19-2)17-13(18)16-9/h4-7H,1-3H3. The highest BCUT2D eigenvalue weighted by Crippen LogP contribution is 2.24. The molecule has 0 bridgehead atoms. The number of hydrogen-bond donors (Lipinski definition) is 0. The number of methoxy groups -OCH3 is 2. The lowest BCUT2D eigenvalue weighted by Crippen LogP contribution is -1.97. The van der Waals surface area contributed by atoms with E-state index in [1.807, 2.05) is 13.1 Å². The molecule has 0 amide bonds. The lowest BCUT2D eigenvalue weighted by molar-refractivity contribution is 0.369. The van der Waals surface area contributed by atoms with E-state index in [1.165, 1.54) is 0 Å². The second kappa shape index (κ2) is 4.76. The summed E-state index contributed by atoms with van der Waals surface area (Å²) in [6.07, 6.45) is 5.10. The molecule has 0 aliphatic heterocycles. The van der Waals surface area contributed by atoms with Crippen LogP contribution in [0, 0.1) is 6.92 Å². The van der Waals surface area contributed by atoms with Crippen molar-refractivity contribution in [1.29, 1.82) is 0 Å². The van der Waals surface area contributed by atoms with Crippen LogP contribution in [0.1, 0.15) is 5.69 Å². The third-order valence-corrected chi connectivity index (χ3v) is 2.92. The average Bonchev–Trinajstić information content (AvgIpc) is 2.90. The second-order valence-electron chi connectivity index (χ2n) is 4.13. The topological polar surface area (TPSA) is 74.4 Å². The molecule has 3 rings (SSSR count). The van der Waals surface area contributed by atoms with Gasteiger partial charge in [0.2, 0.25) is 17.5 Å². The molecule has 0 unspecified atom stereocenters. The van der Waals surface area contributed by atoms with Crippen molar-refractivity contribution in [3.63, 3.8) is 0 Å². The van der Waals surface area contributed by atoms with E-state index in [4.69, 9.17) is 9.47 Å². The van der Waals surface area contributed by atoms with Gasteiger partial charge in [0.1, 0.15) is 11.4 Å². The quantitative estimate of drug-likeness (QED) is 0.719. The fourth-order valence-electron chi connectivity index (χ4n) is 1.95. The molecule has 3 aromatic rings. The van der Waals surface area contributed by atoms with E-state index >= 15 is 0 Å². The molecule has 0 atom stereocenters. The third-order valence-electron chi connectivity index (χ3n) is 2.92. The molecular weight excluding hydrogens is 258 g/mol. The Labute approximate surface area is 115 Å². The van der Waals surface area contributed by atoms with Crippen LogP contribution >= 0.6 is 0 Å². The molecule has 102 valence electrons. The predicted molar refractivity (Wildman–Crippen MR) is 71.9 cm³/mol. The van der Waals surface area contributed by atoms with E-state index in [9.17, 15) is 0 Å². The van der Waals surface area contributed by atoms with Gasteiger partial charge in [-0.25, -0.2) is 4.98 Å². The van der Waals surface area contributed by atoms with Gasteiger partial charge in [-0.3, -0.25) is 14.4 Å². The molecule has 0 aromatic carbocycles. The van der Waals surface area contributed by atoms with Gasteiger partial charge in [-0.15, -0.1) is 0 Å². The van der Waals surface area contributed by atoms with Crippen LogP contribution in [0.3, 0.4) is 0 Å². The van der Waals surface area contributed by atoms with E-state index in [0.29, 0.717) is 23.2 Å². The van der Waals surface area contributed by atoms with Gasteiger partial charge >= 0.3 is 0 Å². The number of imidazole rings is 1. The summed E-state index contributed by atoms with van der Waals surface area (Å²) in [4.78, 5) is 17.2. The number of rotatable bonds is 3. The largest absolute Gasteiger partial charge is 0.482 e. The van der Waals surface area contributed by atoms with Crippen molar-refractivity contribution in [3.05, 3.63) is 30.4 Å². The van der Waals surface area contributed by atoms with Crippen molar-refractivity contribution in [2.75, 3.05) is 14.2 Å². The average molecular weight is 271 g/mol. The van der Waals surface area contributed by atoms with E-state index in [0.717, 1.165) is 11.4 Å². The van der Waals surface area contributed by atoms with Gasteiger partial charge in [0, 0.05) is 18.6 Å². The van der Waals surface area contributed by atoms with Crippen molar-refractivity contribution in [1.82, 2.24) is 24.3 Å². The maximum absolute atomic E-state index is 5.32. The molecule has 0 aliphatic rings. The van der Waals surface area contributed by atoms with Crippen LogP contribution in [-0.2, 0) is 0 Å². The number of aromatic nitrogens is 5. The lowest BCUT2D eigenvalue weighted by atomic mass is 10.2. The number of hydrogen-bond acceptors (Lipinski definition) is 6. The van der Waals surface area contributed by atoms with Gasteiger partial charge in [0.25, 0.3) is 0 Å². The summed E-state index contributed by atoms with van der Waals surface area (Å²) in [6, 6.07) is 1.70. The van der Waals surface area contributed by atoms with Crippen molar-refractivity contribution in [2.24, 2.45) is 0 Å². The fourth-order valence-corrected chi connectivity index (χ4v) is 1.95. The van der Waals surface area contributed by atoms with Gasteiger partial charge < -0.3 is 9.47 Å². The summed E-state index contributed by atoms with van der Waals surface area (Å²) in [7, 11) is 3.14. The first-order chi connectivity index (χ1) is 9.72. The fraction of sp³-hybridized carbons (Fsp3) is 0.231. The minimum atomic E-state index is 0.447. The minimum absolute atomic E-state index is 0.447. The number of ether oxygens (including phenoxy) is 2. The molecule has 0 radical (unpaired) electrons. The highest BCUT2D eigenvalue weighted by Gasteiger charge is 2.13. The molecule has 0 saturated heterocycles. The molecule has 7 heteroatoms. The molecule has 3 heterocycles. The Bertz CT molecular complexity index is 769. The zero-order valence-corrected chi connectivity index (χ0v) is 11.4. The Morgan fingerprint density at radius 2 is 1.85 bits per heavy atom. The van der Waals surface area contributed by atoms with Gasteiger partial charge in [-0.05, 0) is 6.92 Å². The van der Waals surface area contributed by atoms with Crippen LogP contribution in [-0.4, -0.2) is 38.6 Å². The third kappa shape index (κ3) is 1.93. The normalized spacial score (nSPS) is 10.8. The first-order valence-electron chi connectivity index (χ1n) is 5.99. The summed E-state index contributed by atoms with van der Waals surface area (Å²) >= 11 is 0. The Morgan fingerprint density at radius 1 is 1.05 bits per heavy atom. The maximum atomic E-state index is 5.32. The lowest BCUT2D eigenvalue weighted by Gasteiger charge is -2.04. The molecule has 20 heavy (non-hydrogen) atoms. The SMILES string of the molecule is COc1cc(OC)n2cc(-c3nccnc3C)nc2n1. The number of nitrogens with zero attached hydrogens (tertiary/aromatic N) is 5. The van der Waals surface area contributed by atoms with E-state index in [2.05, 4.69) is 19.9 Å².